The highest BCUT2D eigenvalue weighted by molar-refractivity contribution is 4.97. The molecule has 60 valence electrons. The Bertz CT molecular complexity index is 186. The van der Waals surface area contributed by atoms with Crippen molar-refractivity contribution in [1.82, 2.24) is 9.97 Å². The number of hydrogen-bond acceptors (Lipinski definition) is 3. The van der Waals surface area contributed by atoms with Crippen LogP contribution in [0.3, 0.4) is 0 Å². The van der Waals surface area contributed by atoms with Gasteiger partial charge in [-0.2, -0.15) is 0 Å². The van der Waals surface area contributed by atoms with Crippen LogP contribution in [0, 0.1) is 0 Å². The van der Waals surface area contributed by atoms with Gasteiger partial charge in [0.25, 0.3) is 0 Å². The zero-order valence-corrected chi connectivity index (χ0v) is 6.53. The Morgan fingerprint density at radius 3 is 2.91 bits per heavy atom. The van der Waals surface area contributed by atoms with E-state index in [1.807, 2.05) is 6.07 Å². The van der Waals surface area contributed by atoms with Crippen molar-refractivity contribution in [3.05, 3.63) is 24.3 Å². The molecule has 1 rings (SSSR count). The average Bonchev–Trinajstić information content (AvgIpc) is 2.07. The van der Waals surface area contributed by atoms with E-state index in [2.05, 4.69) is 9.97 Å². The van der Waals surface area contributed by atoms with Crippen molar-refractivity contribution < 1.29 is 0 Å². The Hall–Kier alpha value is -0.960. The third-order valence-electron chi connectivity index (χ3n) is 1.53. The third kappa shape index (κ3) is 3.09. The third-order valence-corrected chi connectivity index (χ3v) is 1.53. The molecule has 0 spiro atoms. The van der Waals surface area contributed by atoms with E-state index in [0.29, 0.717) is 0 Å². The number of aryl methyl sites for hydroxylation is 1. The molecule has 1 heterocycles. The van der Waals surface area contributed by atoms with E-state index in [1.165, 1.54) is 0 Å². The monoisotopic (exact) mass is 151 g/mol. The lowest BCUT2D eigenvalue weighted by molar-refractivity contribution is 0.730. The number of nitrogens with zero attached hydrogens (tertiary/aromatic N) is 2. The van der Waals surface area contributed by atoms with Crippen LogP contribution < -0.4 is 5.73 Å². The van der Waals surface area contributed by atoms with Crippen LogP contribution in [0.5, 0.6) is 0 Å². The Balaban J connectivity index is 2.28. The van der Waals surface area contributed by atoms with Gasteiger partial charge in [-0.05, 0) is 31.9 Å². The molecule has 0 saturated heterocycles. The van der Waals surface area contributed by atoms with Gasteiger partial charge >= 0.3 is 0 Å². The molecule has 11 heavy (non-hydrogen) atoms. The molecule has 0 aliphatic rings. The smallest absolute Gasteiger partial charge is 0.115 e. The summed E-state index contributed by atoms with van der Waals surface area (Å²) in [6, 6.07) is 1.94. The highest BCUT2D eigenvalue weighted by Gasteiger charge is 1.91. The quantitative estimate of drug-likeness (QED) is 0.646. The largest absolute Gasteiger partial charge is 0.330 e. The molecule has 3 nitrogen and oxygen atoms in total. The standard InChI is InChI=1S/C8H13N3/c9-5-2-1-3-8-4-6-10-7-11-8/h4,6-7H,1-3,5,9H2. The van der Waals surface area contributed by atoms with Crippen molar-refractivity contribution in [2.75, 3.05) is 6.54 Å². The number of nitrogens with two attached hydrogens (primary N) is 1. The summed E-state index contributed by atoms with van der Waals surface area (Å²) in [6.07, 6.45) is 6.56. The van der Waals surface area contributed by atoms with E-state index in [-0.39, 0.29) is 0 Å². The topological polar surface area (TPSA) is 51.8 Å². The summed E-state index contributed by atoms with van der Waals surface area (Å²) in [6.45, 7) is 0.769. The maximum absolute atomic E-state index is 5.36. The molecule has 0 radical (unpaired) electrons. The Labute approximate surface area is 66.7 Å². The van der Waals surface area contributed by atoms with Gasteiger partial charge in [-0.15, -0.1) is 0 Å². The maximum atomic E-state index is 5.36. The summed E-state index contributed by atoms with van der Waals surface area (Å²) in [5.74, 6) is 0. The van der Waals surface area contributed by atoms with Crippen LogP contribution in [-0.4, -0.2) is 16.5 Å². The molecule has 3 heteroatoms. The second-order valence-corrected chi connectivity index (χ2v) is 2.45. The van der Waals surface area contributed by atoms with Crippen LogP contribution in [0.2, 0.25) is 0 Å². The molecule has 0 bridgehead atoms. The predicted octanol–water partition coefficient (Wildman–Crippen LogP) is 0.758. The molecule has 2 N–H and O–H groups in total. The summed E-state index contributed by atoms with van der Waals surface area (Å²) < 4.78 is 0. The minimum absolute atomic E-state index is 0.769. The normalized spacial score (nSPS) is 9.91. The lowest BCUT2D eigenvalue weighted by Gasteiger charge is -1.96. The van der Waals surface area contributed by atoms with Crippen molar-refractivity contribution in [2.45, 2.75) is 19.3 Å². The minimum atomic E-state index is 0.769. The minimum Gasteiger partial charge on any atom is -0.330 e. The number of hydrogen-bond donors (Lipinski definition) is 1. The molecule has 0 saturated carbocycles. The maximum Gasteiger partial charge on any atom is 0.115 e. The Kier molecular flexibility index (Phi) is 3.55. The fourth-order valence-electron chi connectivity index (χ4n) is 0.916. The molecule has 0 aliphatic carbocycles. The zero-order chi connectivity index (χ0) is 7.94. The van der Waals surface area contributed by atoms with Gasteiger partial charge in [0.15, 0.2) is 0 Å². The lowest BCUT2D eigenvalue weighted by atomic mass is 10.2. The number of aromatic nitrogens is 2. The van der Waals surface area contributed by atoms with Crippen LogP contribution in [0.1, 0.15) is 18.5 Å². The highest BCUT2D eigenvalue weighted by atomic mass is 14.8. The van der Waals surface area contributed by atoms with Crippen LogP contribution >= 0.6 is 0 Å². The van der Waals surface area contributed by atoms with E-state index < -0.39 is 0 Å². The van der Waals surface area contributed by atoms with Gasteiger partial charge in [-0.3, -0.25) is 0 Å². The first-order valence-electron chi connectivity index (χ1n) is 3.88. The second-order valence-electron chi connectivity index (χ2n) is 2.45. The molecular weight excluding hydrogens is 138 g/mol. The van der Waals surface area contributed by atoms with E-state index in [9.17, 15) is 0 Å². The van der Waals surface area contributed by atoms with Gasteiger partial charge < -0.3 is 5.73 Å². The summed E-state index contributed by atoms with van der Waals surface area (Å²) in [5, 5.41) is 0. The van der Waals surface area contributed by atoms with Gasteiger partial charge in [0.1, 0.15) is 6.33 Å². The Morgan fingerprint density at radius 2 is 2.27 bits per heavy atom. The Morgan fingerprint density at radius 1 is 1.36 bits per heavy atom. The predicted molar refractivity (Wildman–Crippen MR) is 44.0 cm³/mol. The molecular formula is C8H13N3. The second kappa shape index (κ2) is 4.79. The zero-order valence-electron chi connectivity index (χ0n) is 6.53. The van der Waals surface area contributed by atoms with Crippen LogP contribution in [0.4, 0.5) is 0 Å². The van der Waals surface area contributed by atoms with Gasteiger partial charge in [0.2, 0.25) is 0 Å². The van der Waals surface area contributed by atoms with Crippen molar-refractivity contribution in [1.29, 1.82) is 0 Å². The molecule has 0 aliphatic heterocycles. The summed E-state index contributed by atoms with van der Waals surface area (Å²) >= 11 is 0. The van der Waals surface area contributed by atoms with Crippen molar-refractivity contribution >= 4 is 0 Å². The van der Waals surface area contributed by atoms with Crippen molar-refractivity contribution in [2.24, 2.45) is 5.73 Å². The van der Waals surface area contributed by atoms with Crippen molar-refractivity contribution in [3.63, 3.8) is 0 Å². The van der Waals surface area contributed by atoms with E-state index in [1.54, 1.807) is 12.5 Å². The first-order valence-corrected chi connectivity index (χ1v) is 3.88. The van der Waals surface area contributed by atoms with Crippen molar-refractivity contribution in [3.8, 4) is 0 Å². The lowest BCUT2D eigenvalue weighted by Crippen LogP contribution is -1.99. The number of unbranched alkanes of at least 4 members (excludes halogenated alkanes) is 1. The van der Waals surface area contributed by atoms with Gasteiger partial charge in [-0.1, -0.05) is 0 Å². The fourth-order valence-corrected chi connectivity index (χ4v) is 0.916. The van der Waals surface area contributed by atoms with E-state index in [0.717, 1.165) is 31.5 Å². The SMILES string of the molecule is NCCCCc1ccncn1. The van der Waals surface area contributed by atoms with Gasteiger partial charge in [-0.25, -0.2) is 9.97 Å². The first kappa shape index (κ1) is 8.14. The van der Waals surface area contributed by atoms with Gasteiger partial charge in [0, 0.05) is 11.9 Å². The molecule has 0 amide bonds. The van der Waals surface area contributed by atoms with Crippen LogP contribution in [0.25, 0.3) is 0 Å². The molecule has 0 fully saturated rings. The number of rotatable bonds is 4. The molecule has 1 aromatic rings. The summed E-state index contributed by atoms with van der Waals surface area (Å²) in [7, 11) is 0. The van der Waals surface area contributed by atoms with Gasteiger partial charge in [0.05, 0.1) is 0 Å². The molecule has 0 aromatic carbocycles. The average molecular weight is 151 g/mol. The van der Waals surface area contributed by atoms with E-state index >= 15 is 0 Å². The highest BCUT2D eigenvalue weighted by Crippen LogP contribution is 1.98. The molecule has 0 atom stereocenters. The molecule has 0 unspecified atom stereocenters. The first-order chi connectivity index (χ1) is 5.43. The van der Waals surface area contributed by atoms with Crippen LogP contribution in [-0.2, 0) is 6.42 Å². The fraction of sp³-hybridized carbons (Fsp3) is 0.500. The summed E-state index contributed by atoms with van der Waals surface area (Å²) in [4.78, 5) is 7.94. The van der Waals surface area contributed by atoms with Crippen LogP contribution in [0.15, 0.2) is 18.6 Å². The molecule has 1 aromatic heterocycles. The summed E-state index contributed by atoms with van der Waals surface area (Å²) in [5.41, 5.74) is 6.46. The van der Waals surface area contributed by atoms with E-state index in [4.69, 9.17) is 5.73 Å².